The van der Waals surface area contributed by atoms with Crippen molar-refractivity contribution in [2.45, 2.75) is 12.7 Å². The van der Waals surface area contributed by atoms with Gasteiger partial charge in [0.05, 0.1) is 10.4 Å². The van der Waals surface area contributed by atoms with Gasteiger partial charge in [-0.2, -0.15) is 18.3 Å². The average molecular weight is 397 g/mol. The van der Waals surface area contributed by atoms with E-state index in [1.54, 1.807) is 12.1 Å². The summed E-state index contributed by atoms with van der Waals surface area (Å²) in [6, 6.07) is 8.45. The summed E-state index contributed by atoms with van der Waals surface area (Å²) in [5.74, 6) is -2.21. The summed E-state index contributed by atoms with van der Waals surface area (Å²) >= 11 is 1.40. The molecule has 0 spiro atoms. The maximum atomic E-state index is 13.3. The van der Waals surface area contributed by atoms with Crippen LogP contribution in [0, 0.1) is 5.82 Å². The second-order valence-electron chi connectivity index (χ2n) is 5.43. The van der Waals surface area contributed by atoms with Crippen LogP contribution in [0.4, 0.5) is 23.2 Å². The lowest BCUT2D eigenvalue weighted by molar-refractivity contribution is -0.140. The molecule has 0 saturated carbocycles. The minimum Gasteiger partial charge on any atom is -0.324 e. The summed E-state index contributed by atoms with van der Waals surface area (Å²) in [7, 11) is 0. The largest absolute Gasteiger partial charge is 0.419 e. The van der Waals surface area contributed by atoms with E-state index in [4.69, 9.17) is 0 Å². The van der Waals surface area contributed by atoms with E-state index in [0.29, 0.717) is 17.8 Å². The normalized spacial score (nSPS) is 11.4. The maximum absolute atomic E-state index is 13.3. The zero-order valence-electron chi connectivity index (χ0n) is 13.5. The van der Waals surface area contributed by atoms with Crippen LogP contribution < -0.4 is 10.9 Å². The summed E-state index contributed by atoms with van der Waals surface area (Å²) in [6.45, 7) is -0.503. The first-order valence-corrected chi connectivity index (χ1v) is 8.40. The van der Waals surface area contributed by atoms with Crippen LogP contribution in [0.5, 0.6) is 0 Å². The Bertz CT molecular complexity index is 1030. The molecule has 0 radical (unpaired) electrons. The first-order chi connectivity index (χ1) is 12.7. The summed E-state index contributed by atoms with van der Waals surface area (Å²) in [5.41, 5.74) is -1.79. The number of aromatic nitrogens is 2. The summed E-state index contributed by atoms with van der Waals surface area (Å²) in [4.78, 5) is 24.8. The number of nitrogens with one attached hydrogen (secondary N) is 1. The molecule has 0 unspecified atom stereocenters. The van der Waals surface area contributed by atoms with Gasteiger partial charge in [0.2, 0.25) is 5.91 Å². The van der Waals surface area contributed by atoms with Crippen molar-refractivity contribution in [3.63, 3.8) is 0 Å². The number of thiophene rings is 1. The van der Waals surface area contributed by atoms with Gasteiger partial charge < -0.3 is 5.32 Å². The molecule has 0 saturated heterocycles. The molecule has 0 atom stereocenters. The van der Waals surface area contributed by atoms with Gasteiger partial charge in [-0.3, -0.25) is 9.59 Å². The number of alkyl halides is 3. The first kappa shape index (κ1) is 18.8. The quantitative estimate of drug-likeness (QED) is 0.682. The molecule has 3 aromatic rings. The van der Waals surface area contributed by atoms with E-state index in [2.05, 4.69) is 10.4 Å². The molecule has 0 fully saturated rings. The molecule has 0 aliphatic heterocycles. The lowest BCUT2D eigenvalue weighted by atomic mass is 10.2. The van der Waals surface area contributed by atoms with Crippen LogP contribution in [0.15, 0.2) is 52.6 Å². The Kier molecular flexibility index (Phi) is 5.08. The summed E-state index contributed by atoms with van der Waals surface area (Å²) in [6.07, 6.45) is -4.89. The highest BCUT2D eigenvalue weighted by Gasteiger charge is 2.34. The molecule has 140 valence electrons. The lowest BCUT2D eigenvalue weighted by Gasteiger charge is -2.11. The van der Waals surface area contributed by atoms with E-state index in [0.717, 1.165) is 15.6 Å². The number of rotatable bonds is 4. The molecule has 1 N–H and O–H groups in total. The Hall–Kier alpha value is -3.01. The molecule has 0 aliphatic rings. The molecule has 2 heterocycles. The third-order valence-electron chi connectivity index (χ3n) is 3.49. The van der Waals surface area contributed by atoms with Crippen molar-refractivity contribution in [3.8, 4) is 10.6 Å². The van der Waals surface area contributed by atoms with E-state index >= 15 is 0 Å². The minimum absolute atomic E-state index is 0.240. The third-order valence-corrected chi connectivity index (χ3v) is 4.38. The van der Waals surface area contributed by atoms with Gasteiger partial charge in [0.25, 0.3) is 5.56 Å². The minimum atomic E-state index is -4.89. The standard InChI is InChI=1S/C17H11F4N3O2S/c18-12-4-3-10(8-11(12)17(19,20)21)22-15(25)9-24-16(26)6-5-13(23-24)14-2-1-7-27-14/h1-8H,9H2,(H,22,25). The number of anilines is 1. The van der Waals surface area contributed by atoms with Crippen LogP contribution in [0.1, 0.15) is 5.56 Å². The fourth-order valence-corrected chi connectivity index (χ4v) is 2.97. The van der Waals surface area contributed by atoms with Crippen LogP contribution in [0.2, 0.25) is 0 Å². The first-order valence-electron chi connectivity index (χ1n) is 7.53. The van der Waals surface area contributed by atoms with E-state index in [1.807, 2.05) is 5.38 Å². The predicted octanol–water partition coefficient (Wildman–Crippen LogP) is 3.77. The van der Waals surface area contributed by atoms with E-state index < -0.39 is 35.6 Å². The van der Waals surface area contributed by atoms with Gasteiger partial charge in [-0.05, 0) is 35.7 Å². The average Bonchev–Trinajstić information content (AvgIpc) is 3.12. The monoisotopic (exact) mass is 397 g/mol. The molecule has 1 aromatic carbocycles. The van der Waals surface area contributed by atoms with Gasteiger partial charge in [0.1, 0.15) is 18.1 Å². The van der Waals surface area contributed by atoms with Crippen molar-refractivity contribution in [1.29, 1.82) is 0 Å². The van der Waals surface area contributed by atoms with Gasteiger partial charge in [0.15, 0.2) is 0 Å². The molecule has 5 nitrogen and oxygen atoms in total. The zero-order chi connectivity index (χ0) is 19.6. The smallest absolute Gasteiger partial charge is 0.324 e. The fraction of sp³-hybridized carbons (Fsp3) is 0.118. The second kappa shape index (κ2) is 7.31. The number of amides is 1. The Balaban J connectivity index is 1.79. The Morgan fingerprint density at radius 2 is 1.96 bits per heavy atom. The van der Waals surface area contributed by atoms with Crippen molar-refractivity contribution in [2.24, 2.45) is 0 Å². The Labute approximate surface area is 153 Å². The number of nitrogens with zero attached hydrogens (tertiary/aromatic N) is 2. The van der Waals surface area contributed by atoms with Crippen molar-refractivity contribution in [2.75, 3.05) is 5.32 Å². The topological polar surface area (TPSA) is 64.0 Å². The van der Waals surface area contributed by atoms with Crippen LogP contribution in [0.3, 0.4) is 0 Å². The van der Waals surface area contributed by atoms with Crippen LogP contribution >= 0.6 is 11.3 Å². The third kappa shape index (κ3) is 4.40. The van der Waals surface area contributed by atoms with Gasteiger partial charge in [-0.15, -0.1) is 11.3 Å². The number of carbonyl (C=O) groups excluding carboxylic acids is 1. The Morgan fingerprint density at radius 3 is 2.63 bits per heavy atom. The van der Waals surface area contributed by atoms with Gasteiger partial charge >= 0.3 is 6.18 Å². The number of carbonyl (C=O) groups is 1. The van der Waals surface area contributed by atoms with Gasteiger partial charge in [-0.1, -0.05) is 6.07 Å². The van der Waals surface area contributed by atoms with E-state index in [1.165, 1.54) is 23.5 Å². The fourth-order valence-electron chi connectivity index (χ4n) is 2.27. The number of halogens is 4. The van der Waals surface area contributed by atoms with Crippen LogP contribution in [-0.4, -0.2) is 15.7 Å². The molecule has 1 amide bonds. The highest BCUT2D eigenvalue weighted by Crippen LogP contribution is 2.33. The second-order valence-corrected chi connectivity index (χ2v) is 6.38. The summed E-state index contributed by atoms with van der Waals surface area (Å²) in [5, 5.41) is 8.12. The zero-order valence-corrected chi connectivity index (χ0v) is 14.3. The van der Waals surface area contributed by atoms with E-state index in [-0.39, 0.29) is 5.69 Å². The van der Waals surface area contributed by atoms with Crippen molar-refractivity contribution >= 4 is 22.9 Å². The van der Waals surface area contributed by atoms with Gasteiger partial charge in [-0.25, -0.2) is 9.07 Å². The molecule has 0 aliphatic carbocycles. The molecular formula is C17H11F4N3O2S. The highest BCUT2D eigenvalue weighted by atomic mass is 32.1. The molecule has 27 heavy (non-hydrogen) atoms. The van der Waals surface area contributed by atoms with Gasteiger partial charge in [0, 0.05) is 11.8 Å². The maximum Gasteiger partial charge on any atom is 0.419 e. The SMILES string of the molecule is O=C(Cn1nc(-c2cccs2)ccc1=O)Nc1ccc(F)c(C(F)(F)F)c1. The summed E-state index contributed by atoms with van der Waals surface area (Å²) < 4.78 is 52.4. The number of benzene rings is 1. The number of hydrogen-bond donors (Lipinski definition) is 1. The highest BCUT2D eigenvalue weighted by molar-refractivity contribution is 7.13. The van der Waals surface area contributed by atoms with Crippen LogP contribution in [-0.2, 0) is 17.5 Å². The molecule has 10 heteroatoms. The van der Waals surface area contributed by atoms with Crippen LogP contribution in [0.25, 0.3) is 10.6 Å². The van der Waals surface area contributed by atoms with Crippen molar-refractivity contribution in [3.05, 3.63) is 69.6 Å². The van der Waals surface area contributed by atoms with E-state index in [9.17, 15) is 27.2 Å². The molecule has 2 aromatic heterocycles. The van der Waals surface area contributed by atoms with Crippen molar-refractivity contribution < 1.29 is 22.4 Å². The number of hydrogen-bond acceptors (Lipinski definition) is 4. The Morgan fingerprint density at radius 1 is 1.19 bits per heavy atom. The molecule has 0 bridgehead atoms. The van der Waals surface area contributed by atoms with Crippen molar-refractivity contribution in [1.82, 2.24) is 9.78 Å². The predicted molar refractivity (Wildman–Crippen MR) is 91.8 cm³/mol. The molecular weight excluding hydrogens is 386 g/mol. The molecule has 3 rings (SSSR count). The lowest BCUT2D eigenvalue weighted by Crippen LogP contribution is -2.29.